The van der Waals surface area contributed by atoms with Crippen molar-refractivity contribution in [3.63, 3.8) is 0 Å². The molecule has 2 N–H and O–H groups in total. The first-order valence-corrected chi connectivity index (χ1v) is 7.31. The van der Waals surface area contributed by atoms with E-state index in [1.54, 1.807) is 20.8 Å². The van der Waals surface area contributed by atoms with Crippen molar-refractivity contribution in [2.45, 2.75) is 47.1 Å². The second kappa shape index (κ2) is 5.82. The number of aliphatic carboxylic acids is 1. The van der Waals surface area contributed by atoms with E-state index in [9.17, 15) is 13.2 Å². The fourth-order valence-corrected chi connectivity index (χ4v) is 3.35. The van der Waals surface area contributed by atoms with Crippen molar-refractivity contribution in [2.24, 2.45) is 11.3 Å². The molecule has 0 spiro atoms. The van der Waals surface area contributed by atoms with E-state index in [4.69, 9.17) is 5.11 Å². The molecule has 0 aliphatic heterocycles. The van der Waals surface area contributed by atoms with Crippen molar-refractivity contribution in [3.05, 3.63) is 0 Å². The molecule has 5 nitrogen and oxygen atoms in total. The van der Waals surface area contributed by atoms with Crippen LogP contribution in [0.15, 0.2) is 0 Å². The number of nitrogens with one attached hydrogen (secondary N) is 1. The Morgan fingerprint density at radius 3 is 2.06 bits per heavy atom. The standard InChI is InChI=1S/C11H23NO4S/c1-8(2)6-9(10(13)14)12-17(15,16)7-11(3,4)5/h8-9,12H,6-7H2,1-5H3,(H,13,14). The summed E-state index contributed by atoms with van der Waals surface area (Å²) in [6, 6.07) is -1.04. The average Bonchev–Trinajstić information content (AvgIpc) is 1.95. The molecule has 102 valence electrons. The minimum Gasteiger partial charge on any atom is -0.480 e. The van der Waals surface area contributed by atoms with Gasteiger partial charge in [-0.05, 0) is 17.8 Å². The van der Waals surface area contributed by atoms with Crippen LogP contribution in [-0.2, 0) is 14.8 Å². The Balaban J connectivity index is 4.71. The predicted octanol–water partition coefficient (Wildman–Crippen LogP) is 1.45. The summed E-state index contributed by atoms with van der Waals surface area (Å²) in [5.74, 6) is -1.09. The van der Waals surface area contributed by atoms with Crippen molar-refractivity contribution < 1.29 is 18.3 Å². The third kappa shape index (κ3) is 8.15. The Morgan fingerprint density at radius 2 is 1.76 bits per heavy atom. The molecule has 0 bridgehead atoms. The molecule has 6 heteroatoms. The summed E-state index contributed by atoms with van der Waals surface area (Å²) in [4.78, 5) is 11.0. The highest BCUT2D eigenvalue weighted by atomic mass is 32.2. The van der Waals surface area contributed by atoms with Gasteiger partial charge in [0, 0.05) is 0 Å². The van der Waals surface area contributed by atoms with Crippen LogP contribution >= 0.6 is 0 Å². The summed E-state index contributed by atoms with van der Waals surface area (Å²) in [7, 11) is -3.56. The summed E-state index contributed by atoms with van der Waals surface area (Å²) in [5.41, 5.74) is -0.396. The topological polar surface area (TPSA) is 83.5 Å². The second-order valence-electron chi connectivity index (χ2n) is 5.96. The van der Waals surface area contributed by atoms with E-state index < -0.39 is 27.4 Å². The molecule has 0 saturated heterocycles. The molecule has 0 aromatic carbocycles. The molecule has 0 aliphatic carbocycles. The lowest BCUT2D eigenvalue weighted by Crippen LogP contribution is -2.44. The Labute approximate surface area is 104 Å². The van der Waals surface area contributed by atoms with E-state index in [0.29, 0.717) is 6.42 Å². The zero-order chi connectivity index (χ0) is 13.9. The molecule has 0 amide bonds. The lowest BCUT2D eigenvalue weighted by atomic mass is 10.0. The molecule has 1 unspecified atom stereocenters. The normalized spacial score (nSPS) is 14.9. The first-order chi connectivity index (χ1) is 7.43. The Morgan fingerprint density at radius 1 is 1.29 bits per heavy atom. The zero-order valence-corrected chi connectivity index (χ0v) is 12.0. The molecule has 17 heavy (non-hydrogen) atoms. The van der Waals surface area contributed by atoms with Crippen LogP contribution in [0.1, 0.15) is 41.0 Å². The third-order valence-corrected chi connectivity index (χ3v) is 3.84. The molecule has 0 fully saturated rings. The maximum atomic E-state index is 11.8. The molecular formula is C11H23NO4S. The maximum Gasteiger partial charge on any atom is 0.321 e. The molecular weight excluding hydrogens is 242 g/mol. The van der Waals surface area contributed by atoms with Gasteiger partial charge in [0.05, 0.1) is 5.75 Å². The fraction of sp³-hybridized carbons (Fsp3) is 0.909. The minimum atomic E-state index is -3.56. The van der Waals surface area contributed by atoms with Crippen molar-refractivity contribution >= 4 is 16.0 Å². The number of sulfonamides is 1. The van der Waals surface area contributed by atoms with Crippen molar-refractivity contribution in [1.29, 1.82) is 0 Å². The van der Waals surface area contributed by atoms with Gasteiger partial charge in [0.25, 0.3) is 0 Å². The summed E-state index contributed by atoms with van der Waals surface area (Å²) < 4.78 is 25.8. The van der Waals surface area contributed by atoms with Crippen molar-refractivity contribution in [1.82, 2.24) is 4.72 Å². The van der Waals surface area contributed by atoms with Crippen LogP contribution in [0.4, 0.5) is 0 Å². The van der Waals surface area contributed by atoms with Gasteiger partial charge in [0.1, 0.15) is 6.04 Å². The SMILES string of the molecule is CC(C)CC(NS(=O)(=O)CC(C)(C)C)C(=O)O. The molecule has 0 aromatic heterocycles. The van der Waals surface area contributed by atoms with Gasteiger partial charge in [-0.2, -0.15) is 0 Å². The lowest BCUT2D eigenvalue weighted by Gasteiger charge is -2.21. The first kappa shape index (κ1) is 16.4. The molecule has 0 rings (SSSR count). The van der Waals surface area contributed by atoms with Crippen LogP contribution in [0.25, 0.3) is 0 Å². The molecule has 0 saturated carbocycles. The molecule has 0 radical (unpaired) electrons. The molecule has 0 aromatic rings. The van der Waals surface area contributed by atoms with Gasteiger partial charge < -0.3 is 5.11 Å². The van der Waals surface area contributed by atoms with E-state index in [1.165, 1.54) is 0 Å². The van der Waals surface area contributed by atoms with Gasteiger partial charge in [0.15, 0.2) is 0 Å². The van der Waals surface area contributed by atoms with Crippen LogP contribution in [0, 0.1) is 11.3 Å². The maximum absolute atomic E-state index is 11.8. The monoisotopic (exact) mass is 265 g/mol. The lowest BCUT2D eigenvalue weighted by molar-refractivity contribution is -0.139. The van der Waals surface area contributed by atoms with Gasteiger partial charge >= 0.3 is 5.97 Å². The highest BCUT2D eigenvalue weighted by molar-refractivity contribution is 7.89. The number of carboxylic acid groups (broad SMARTS) is 1. The van der Waals surface area contributed by atoms with Crippen molar-refractivity contribution in [2.75, 3.05) is 5.75 Å². The van der Waals surface area contributed by atoms with E-state index in [-0.39, 0.29) is 11.7 Å². The quantitative estimate of drug-likeness (QED) is 0.761. The number of carbonyl (C=O) groups is 1. The molecule has 0 aliphatic rings. The average molecular weight is 265 g/mol. The van der Waals surface area contributed by atoms with Crippen LogP contribution in [0.3, 0.4) is 0 Å². The van der Waals surface area contributed by atoms with Gasteiger partial charge in [-0.3, -0.25) is 4.79 Å². The highest BCUT2D eigenvalue weighted by Gasteiger charge is 2.28. The first-order valence-electron chi connectivity index (χ1n) is 5.66. The Hall–Kier alpha value is -0.620. The largest absolute Gasteiger partial charge is 0.480 e. The predicted molar refractivity (Wildman–Crippen MR) is 67.3 cm³/mol. The summed E-state index contributed by atoms with van der Waals surface area (Å²) in [5, 5.41) is 8.96. The molecule has 0 heterocycles. The van der Waals surface area contributed by atoms with E-state index in [0.717, 1.165) is 0 Å². The fourth-order valence-electron chi connectivity index (χ4n) is 1.50. The Bertz CT molecular complexity index is 354. The van der Waals surface area contributed by atoms with Gasteiger partial charge in [-0.1, -0.05) is 34.6 Å². The number of hydrogen-bond acceptors (Lipinski definition) is 3. The Kier molecular flexibility index (Phi) is 5.61. The third-order valence-electron chi connectivity index (χ3n) is 1.95. The van der Waals surface area contributed by atoms with Crippen LogP contribution in [-0.4, -0.2) is 31.3 Å². The second-order valence-corrected chi connectivity index (χ2v) is 7.71. The van der Waals surface area contributed by atoms with Gasteiger partial charge in [0.2, 0.25) is 10.0 Å². The van der Waals surface area contributed by atoms with Gasteiger partial charge in [-0.25, -0.2) is 13.1 Å². The zero-order valence-electron chi connectivity index (χ0n) is 11.1. The van der Waals surface area contributed by atoms with Crippen LogP contribution in [0.5, 0.6) is 0 Å². The highest BCUT2D eigenvalue weighted by Crippen LogP contribution is 2.16. The van der Waals surface area contributed by atoms with E-state index >= 15 is 0 Å². The number of rotatable bonds is 6. The van der Waals surface area contributed by atoms with Crippen molar-refractivity contribution in [3.8, 4) is 0 Å². The van der Waals surface area contributed by atoms with Gasteiger partial charge in [-0.15, -0.1) is 0 Å². The van der Waals surface area contributed by atoms with Crippen LogP contribution < -0.4 is 4.72 Å². The summed E-state index contributed by atoms with van der Waals surface area (Å²) in [6.07, 6.45) is 0.290. The molecule has 1 atom stereocenters. The van der Waals surface area contributed by atoms with Crippen LogP contribution in [0.2, 0.25) is 0 Å². The van der Waals surface area contributed by atoms with E-state index in [2.05, 4.69) is 4.72 Å². The minimum absolute atomic E-state index is 0.0815. The smallest absolute Gasteiger partial charge is 0.321 e. The number of hydrogen-bond donors (Lipinski definition) is 2. The summed E-state index contributed by atoms with van der Waals surface area (Å²) >= 11 is 0. The van der Waals surface area contributed by atoms with E-state index in [1.807, 2.05) is 13.8 Å². The summed E-state index contributed by atoms with van der Waals surface area (Å²) in [6.45, 7) is 9.10. The number of carboxylic acids is 1.